The average molecular weight is 647 g/mol. The summed E-state index contributed by atoms with van der Waals surface area (Å²) in [5.41, 5.74) is 18.3. The van der Waals surface area contributed by atoms with Crippen LogP contribution in [0.25, 0.3) is 88.2 Å². The minimum absolute atomic E-state index is 0.721. The molecule has 9 aromatic rings. The average Bonchev–Trinajstić information content (AvgIpc) is 3.83. The first-order chi connectivity index (χ1) is 24.6. The first-order valence-electron chi connectivity index (χ1n) is 16.9. The summed E-state index contributed by atoms with van der Waals surface area (Å²) in [6.07, 6.45) is 10.7. The van der Waals surface area contributed by atoms with Crippen LogP contribution in [0.3, 0.4) is 0 Å². The van der Waals surface area contributed by atoms with E-state index in [1.807, 2.05) is 37.3 Å². The quantitative estimate of drug-likeness (QED) is 0.175. The third kappa shape index (κ3) is 4.76. The lowest BCUT2D eigenvalue weighted by molar-refractivity contribution is 0.633. The maximum absolute atomic E-state index is 6.56. The molecule has 0 fully saturated rings. The number of benzene rings is 6. The van der Waals surface area contributed by atoms with Crippen LogP contribution in [-0.4, -0.2) is 4.57 Å². The van der Waals surface area contributed by atoms with E-state index in [0.717, 1.165) is 83.9 Å². The monoisotopic (exact) mass is 646 g/mol. The molecule has 0 aliphatic rings. The summed E-state index contributed by atoms with van der Waals surface area (Å²) in [6.45, 7) is 5.83. The van der Waals surface area contributed by atoms with Gasteiger partial charge < -0.3 is 19.1 Å². The normalized spacial score (nSPS) is 12.9. The van der Waals surface area contributed by atoms with Crippen molar-refractivity contribution in [2.24, 2.45) is 5.73 Å². The lowest BCUT2D eigenvalue weighted by Crippen LogP contribution is -1.96. The van der Waals surface area contributed by atoms with E-state index in [1.165, 1.54) is 21.8 Å². The van der Waals surface area contributed by atoms with Gasteiger partial charge in [0.2, 0.25) is 0 Å². The molecule has 0 spiro atoms. The van der Waals surface area contributed by atoms with Crippen molar-refractivity contribution < 1.29 is 8.83 Å². The summed E-state index contributed by atoms with van der Waals surface area (Å²) in [5, 5.41) is 6.56. The van der Waals surface area contributed by atoms with Crippen LogP contribution in [0.2, 0.25) is 0 Å². The van der Waals surface area contributed by atoms with Gasteiger partial charge in [-0.3, -0.25) is 0 Å². The molecule has 2 N–H and O–H groups in total. The number of hydrogen-bond acceptors (Lipinski definition) is 3. The maximum Gasteiger partial charge on any atom is 0.178 e. The van der Waals surface area contributed by atoms with Gasteiger partial charge in [-0.15, -0.1) is 0 Å². The van der Waals surface area contributed by atoms with Crippen LogP contribution >= 0.6 is 0 Å². The molecule has 9 rings (SSSR count). The highest BCUT2D eigenvalue weighted by atomic mass is 16.4. The van der Waals surface area contributed by atoms with Crippen molar-refractivity contribution in [2.45, 2.75) is 13.3 Å². The summed E-state index contributed by atoms with van der Waals surface area (Å²) in [4.78, 5) is 0. The molecule has 0 aliphatic carbocycles. The lowest BCUT2D eigenvalue weighted by atomic mass is 10.00. The van der Waals surface area contributed by atoms with Gasteiger partial charge in [-0.2, -0.15) is 0 Å². The van der Waals surface area contributed by atoms with Gasteiger partial charge in [0.25, 0.3) is 0 Å². The molecule has 0 unspecified atom stereocenters. The van der Waals surface area contributed by atoms with Crippen LogP contribution in [0.4, 0.5) is 0 Å². The van der Waals surface area contributed by atoms with Crippen molar-refractivity contribution in [1.82, 2.24) is 4.57 Å². The molecule has 0 radical (unpaired) electrons. The first kappa shape index (κ1) is 29.6. The number of nitrogens with two attached hydrogens (primary N) is 1. The molecule has 0 atom stereocenters. The number of para-hydroxylation sites is 2. The highest BCUT2D eigenvalue weighted by Crippen LogP contribution is 2.41. The summed E-state index contributed by atoms with van der Waals surface area (Å²) >= 11 is 0. The number of aromatic nitrogens is 1. The zero-order chi connectivity index (χ0) is 33.8. The molecule has 0 amide bonds. The van der Waals surface area contributed by atoms with Crippen LogP contribution in [0.5, 0.6) is 0 Å². The van der Waals surface area contributed by atoms with E-state index < -0.39 is 0 Å². The van der Waals surface area contributed by atoms with Crippen molar-refractivity contribution in [3.8, 4) is 16.8 Å². The fourth-order valence-corrected chi connectivity index (χ4v) is 7.34. The van der Waals surface area contributed by atoms with E-state index in [1.54, 1.807) is 6.08 Å². The Morgan fingerprint density at radius 1 is 0.660 bits per heavy atom. The van der Waals surface area contributed by atoms with Crippen molar-refractivity contribution >= 4 is 71.4 Å². The molecule has 6 aromatic carbocycles. The number of fused-ring (bicyclic) bond motifs is 10. The summed E-state index contributed by atoms with van der Waals surface area (Å²) in [7, 11) is 0. The van der Waals surface area contributed by atoms with Crippen LogP contribution < -0.4 is 5.73 Å². The van der Waals surface area contributed by atoms with E-state index in [0.29, 0.717) is 0 Å². The summed E-state index contributed by atoms with van der Waals surface area (Å²) in [6, 6.07) is 42.8. The Morgan fingerprint density at radius 2 is 1.30 bits per heavy atom. The van der Waals surface area contributed by atoms with Crippen molar-refractivity contribution in [3.05, 3.63) is 169 Å². The Kier molecular flexibility index (Phi) is 7.03. The van der Waals surface area contributed by atoms with Gasteiger partial charge in [-0.25, -0.2) is 0 Å². The Bertz CT molecular complexity index is 2870. The molecule has 3 aromatic heterocycles. The third-order valence-electron chi connectivity index (χ3n) is 9.70. The third-order valence-corrected chi connectivity index (χ3v) is 9.70. The number of furan rings is 2. The standard InChI is InChI=1S/C46H34N2O2/c1-3-10-29(11-4-2)16-22-40(47)32-19-25-44-39(28-32)36-21-20-35-38-27-31(18-24-43(38)49-45(35)46(36)50-44)30-17-23-42-37(26-30)34-14-8-9-15-41(34)48(42)33-12-6-5-7-13-33/h3-15,17-28H,1,16,47H2,2H3/b11-4-,29-10+,40-22-. The minimum Gasteiger partial charge on any atom is -0.452 e. The Hall–Kier alpha value is -6.52. The fraction of sp³-hybridized carbons (Fsp3) is 0.0435. The molecule has 4 nitrogen and oxygen atoms in total. The van der Waals surface area contributed by atoms with Gasteiger partial charge in [0.1, 0.15) is 11.2 Å². The predicted octanol–water partition coefficient (Wildman–Crippen LogP) is 12.6. The lowest BCUT2D eigenvalue weighted by Gasteiger charge is -2.08. The van der Waals surface area contributed by atoms with Crippen molar-refractivity contribution in [1.29, 1.82) is 0 Å². The molecule has 0 bridgehead atoms. The fourth-order valence-electron chi connectivity index (χ4n) is 7.34. The predicted molar refractivity (Wildman–Crippen MR) is 211 cm³/mol. The molecule has 50 heavy (non-hydrogen) atoms. The molecular weight excluding hydrogens is 613 g/mol. The number of allylic oxidation sites excluding steroid dienone is 6. The largest absolute Gasteiger partial charge is 0.452 e. The highest BCUT2D eigenvalue weighted by Gasteiger charge is 2.18. The van der Waals surface area contributed by atoms with Gasteiger partial charge in [-0.05, 0) is 108 Å². The second-order valence-electron chi connectivity index (χ2n) is 12.7. The van der Waals surface area contributed by atoms with Crippen LogP contribution in [0.1, 0.15) is 18.9 Å². The molecule has 240 valence electrons. The van der Waals surface area contributed by atoms with Gasteiger partial charge in [0.05, 0.1) is 11.0 Å². The highest BCUT2D eigenvalue weighted by molar-refractivity contribution is 6.19. The van der Waals surface area contributed by atoms with Gasteiger partial charge in [0, 0.05) is 43.7 Å². The zero-order valence-corrected chi connectivity index (χ0v) is 27.7. The Balaban J connectivity index is 1.13. The number of hydrogen-bond donors (Lipinski definition) is 1. The van der Waals surface area contributed by atoms with E-state index in [9.17, 15) is 0 Å². The maximum atomic E-state index is 6.56. The van der Waals surface area contributed by atoms with Crippen LogP contribution in [0.15, 0.2) is 173 Å². The number of nitrogens with zero attached hydrogens (tertiary/aromatic N) is 1. The molecule has 0 aliphatic heterocycles. The Labute approximate surface area is 289 Å². The summed E-state index contributed by atoms with van der Waals surface area (Å²) < 4.78 is 15.3. The van der Waals surface area contributed by atoms with E-state index >= 15 is 0 Å². The van der Waals surface area contributed by atoms with Crippen LogP contribution in [0, 0.1) is 0 Å². The minimum atomic E-state index is 0.721. The molecule has 3 heterocycles. The van der Waals surface area contributed by atoms with Gasteiger partial charge in [-0.1, -0.05) is 85.5 Å². The van der Waals surface area contributed by atoms with E-state index in [2.05, 4.69) is 126 Å². The molecule has 4 heteroatoms. The zero-order valence-electron chi connectivity index (χ0n) is 27.7. The van der Waals surface area contributed by atoms with Gasteiger partial charge in [0.15, 0.2) is 11.2 Å². The van der Waals surface area contributed by atoms with Gasteiger partial charge >= 0.3 is 0 Å². The first-order valence-corrected chi connectivity index (χ1v) is 16.9. The van der Waals surface area contributed by atoms with Crippen LogP contribution in [-0.2, 0) is 0 Å². The SMILES string of the molecule is C=C/C=C(\C=C/C)C/C=C(\N)c1ccc2oc3c(ccc4c5cc(-c6ccc7c(c6)c6ccccc6n7-c6ccccc6)ccc5oc43)c2c1. The second kappa shape index (κ2) is 11.9. The topological polar surface area (TPSA) is 57.2 Å². The summed E-state index contributed by atoms with van der Waals surface area (Å²) in [5.74, 6) is 0. The molecular formula is C46H34N2O2. The second-order valence-corrected chi connectivity index (χ2v) is 12.7. The smallest absolute Gasteiger partial charge is 0.178 e. The van der Waals surface area contributed by atoms with Crippen molar-refractivity contribution in [2.75, 3.05) is 0 Å². The van der Waals surface area contributed by atoms with E-state index in [-0.39, 0.29) is 0 Å². The van der Waals surface area contributed by atoms with E-state index in [4.69, 9.17) is 14.6 Å². The molecule has 0 saturated heterocycles. The Morgan fingerprint density at radius 3 is 2.04 bits per heavy atom. The molecule has 0 saturated carbocycles. The number of rotatable bonds is 7. The van der Waals surface area contributed by atoms with Crippen molar-refractivity contribution in [3.63, 3.8) is 0 Å².